The number of nitrogens with one attached hydrogen (secondary N) is 1. The SMILES string of the molecule is CCCc1ccc(N2CC(c3nc(C4CNCCN4C)no3)CC2=O)cc1. The molecule has 2 unspecified atom stereocenters. The first-order valence-corrected chi connectivity index (χ1v) is 9.79. The summed E-state index contributed by atoms with van der Waals surface area (Å²) in [6, 6.07) is 8.41. The third-order valence-corrected chi connectivity index (χ3v) is 5.53. The number of nitrogens with zero attached hydrogens (tertiary/aromatic N) is 4. The highest BCUT2D eigenvalue weighted by atomic mass is 16.5. The third-order valence-electron chi connectivity index (χ3n) is 5.53. The minimum atomic E-state index is -0.0454. The maximum Gasteiger partial charge on any atom is 0.232 e. The van der Waals surface area contributed by atoms with Gasteiger partial charge >= 0.3 is 0 Å². The summed E-state index contributed by atoms with van der Waals surface area (Å²) in [6.07, 6.45) is 2.60. The number of aryl methyl sites for hydroxylation is 1. The summed E-state index contributed by atoms with van der Waals surface area (Å²) in [5.74, 6) is 1.34. The molecule has 3 heterocycles. The van der Waals surface area contributed by atoms with Crippen LogP contribution in [0.25, 0.3) is 0 Å². The van der Waals surface area contributed by atoms with E-state index < -0.39 is 0 Å². The van der Waals surface area contributed by atoms with Crippen molar-refractivity contribution in [2.75, 3.05) is 38.1 Å². The van der Waals surface area contributed by atoms with Crippen molar-refractivity contribution in [3.8, 4) is 0 Å². The van der Waals surface area contributed by atoms with Crippen LogP contribution in [0.3, 0.4) is 0 Å². The third kappa shape index (κ3) is 3.75. The first kappa shape index (κ1) is 18.1. The smallest absolute Gasteiger partial charge is 0.232 e. The van der Waals surface area contributed by atoms with Crippen molar-refractivity contribution < 1.29 is 9.32 Å². The zero-order valence-electron chi connectivity index (χ0n) is 16.0. The van der Waals surface area contributed by atoms with Crippen molar-refractivity contribution in [1.29, 1.82) is 0 Å². The molecule has 0 spiro atoms. The van der Waals surface area contributed by atoms with Crippen molar-refractivity contribution in [2.45, 2.75) is 38.1 Å². The number of benzene rings is 1. The average molecular weight is 369 g/mol. The van der Waals surface area contributed by atoms with Crippen LogP contribution in [-0.2, 0) is 11.2 Å². The molecule has 144 valence electrons. The Hall–Kier alpha value is -2.25. The average Bonchev–Trinajstić information content (AvgIpc) is 3.30. The lowest BCUT2D eigenvalue weighted by atomic mass is 10.1. The molecular formula is C20H27N5O2. The van der Waals surface area contributed by atoms with Crippen LogP contribution in [0.15, 0.2) is 28.8 Å². The molecule has 2 aliphatic heterocycles. The quantitative estimate of drug-likeness (QED) is 0.870. The molecule has 2 atom stereocenters. The Labute approximate surface area is 159 Å². The number of aromatic nitrogens is 2. The largest absolute Gasteiger partial charge is 0.339 e. The molecule has 2 aliphatic rings. The van der Waals surface area contributed by atoms with Gasteiger partial charge in [0.15, 0.2) is 5.82 Å². The highest BCUT2D eigenvalue weighted by molar-refractivity contribution is 5.96. The van der Waals surface area contributed by atoms with Crippen LogP contribution in [0.2, 0.25) is 0 Å². The van der Waals surface area contributed by atoms with Gasteiger partial charge in [-0.3, -0.25) is 9.69 Å². The Morgan fingerprint density at radius 3 is 2.85 bits per heavy atom. The summed E-state index contributed by atoms with van der Waals surface area (Å²) in [5, 5.41) is 7.56. The molecule has 1 aromatic carbocycles. The number of hydrogen-bond acceptors (Lipinski definition) is 6. The van der Waals surface area contributed by atoms with Gasteiger partial charge in [0.2, 0.25) is 11.8 Å². The predicted molar refractivity (Wildman–Crippen MR) is 103 cm³/mol. The molecule has 4 rings (SSSR count). The molecule has 7 heteroatoms. The van der Waals surface area contributed by atoms with Gasteiger partial charge in [-0.1, -0.05) is 30.6 Å². The Morgan fingerprint density at radius 1 is 1.30 bits per heavy atom. The summed E-state index contributed by atoms with van der Waals surface area (Å²) in [7, 11) is 2.07. The van der Waals surface area contributed by atoms with Crippen molar-refractivity contribution in [1.82, 2.24) is 20.4 Å². The van der Waals surface area contributed by atoms with E-state index in [4.69, 9.17) is 4.52 Å². The van der Waals surface area contributed by atoms with Gasteiger partial charge in [-0.15, -0.1) is 0 Å². The van der Waals surface area contributed by atoms with E-state index in [1.165, 1.54) is 5.56 Å². The molecule has 2 fully saturated rings. The van der Waals surface area contributed by atoms with Crippen molar-refractivity contribution in [2.24, 2.45) is 0 Å². The number of rotatable bonds is 5. The predicted octanol–water partition coefficient (Wildman–Crippen LogP) is 2.12. The van der Waals surface area contributed by atoms with Gasteiger partial charge in [0, 0.05) is 38.3 Å². The van der Waals surface area contributed by atoms with Gasteiger partial charge in [0.25, 0.3) is 0 Å². The monoisotopic (exact) mass is 369 g/mol. The Bertz CT molecular complexity index is 788. The standard InChI is InChI=1S/C20H27N5O2/c1-3-4-14-5-7-16(8-6-14)25-13-15(11-18(25)26)20-22-19(23-27-20)17-12-21-9-10-24(17)2/h5-8,15,17,21H,3-4,9-13H2,1-2H3. The van der Waals surface area contributed by atoms with Gasteiger partial charge < -0.3 is 14.7 Å². The van der Waals surface area contributed by atoms with Crippen molar-refractivity contribution in [3.05, 3.63) is 41.5 Å². The highest BCUT2D eigenvalue weighted by Gasteiger charge is 2.36. The van der Waals surface area contributed by atoms with Crippen LogP contribution in [0.4, 0.5) is 5.69 Å². The molecule has 7 nitrogen and oxygen atoms in total. The molecule has 0 aliphatic carbocycles. The number of amides is 1. The van der Waals surface area contributed by atoms with E-state index >= 15 is 0 Å². The van der Waals surface area contributed by atoms with Crippen molar-refractivity contribution >= 4 is 11.6 Å². The van der Waals surface area contributed by atoms with Gasteiger partial charge in [-0.25, -0.2) is 0 Å². The van der Waals surface area contributed by atoms with E-state index in [0.29, 0.717) is 24.7 Å². The molecule has 0 bridgehead atoms. The number of anilines is 1. The lowest BCUT2D eigenvalue weighted by Gasteiger charge is -2.30. The Kier molecular flexibility index (Phi) is 5.22. The number of piperazine rings is 1. The zero-order chi connectivity index (χ0) is 18.8. The summed E-state index contributed by atoms with van der Waals surface area (Å²) in [5.41, 5.74) is 2.24. The van der Waals surface area contributed by atoms with Crippen molar-refractivity contribution in [3.63, 3.8) is 0 Å². The summed E-state index contributed by atoms with van der Waals surface area (Å²) >= 11 is 0. The lowest BCUT2D eigenvalue weighted by Crippen LogP contribution is -2.44. The number of likely N-dealkylation sites (N-methyl/N-ethyl adjacent to an activating group) is 1. The fraction of sp³-hybridized carbons (Fsp3) is 0.550. The molecule has 2 saturated heterocycles. The molecule has 2 aromatic rings. The lowest BCUT2D eigenvalue weighted by molar-refractivity contribution is -0.117. The zero-order valence-corrected chi connectivity index (χ0v) is 16.0. The summed E-state index contributed by atoms with van der Waals surface area (Å²) in [4.78, 5) is 21.2. The van der Waals surface area contributed by atoms with Crippen LogP contribution in [0, 0.1) is 0 Å². The minimum absolute atomic E-state index is 0.0454. The molecule has 1 amide bonds. The Balaban J connectivity index is 1.46. The second kappa shape index (κ2) is 7.78. The maximum absolute atomic E-state index is 12.5. The topological polar surface area (TPSA) is 74.5 Å². The molecule has 1 N–H and O–H groups in total. The second-order valence-corrected chi connectivity index (χ2v) is 7.51. The van der Waals surface area contributed by atoms with Crippen LogP contribution in [-0.4, -0.2) is 54.2 Å². The van der Waals surface area contributed by atoms with E-state index in [-0.39, 0.29) is 17.9 Å². The Morgan fingerprint density at radius 2 is 2.11 bits per heavy atom. The van der Waals surface area contributed by atoms with E-state index in [2.05, 4.69) is 46.5 Å². The number of hydrogen-bond donors (Lipinski definition) is 1. The summed E-state index contributed by atoms with van der Waals surface area (Å²) in [6.45, 7) is 5.50. The van der Waals surface area contributed by atoms with E-state index in [1.54, 1.807) is 0 Å². The molecular weight excluding hydrogens is 342 g/mol. The fourth-order valence-electron chi connectivity index (χ4n) is 3.90. The fourth-order valence-corrected chi connectivity index (χ4v) is 3.90. The van der Waals surface area contributed by atoms with E-state index in [1.807, 2.05) is 17.0 Å². The van der Waals surface area contributed by atoms with Gasteiger partial charge in [0.05, 0.1) is 12.0 Å². The molecule has 27 heavy (non-hydrogen) atoms. The van der Waals surface area contributed by atoms with Gasteiger partial charge in [-0.2, -0.15) is 4.98 Å². The maximum atomic E-state index is 12.5. The van der Waals surface area contributed by atoms with Crippen LogP contribution >= 0.6 is 0 Å². The van der Waals surface area contributed by atoms with Crippen LogP contribution < -0.4 is 10.2 Å². The number of carbonyl (C=O) groups is 1. The summed E-state index contributed by atoms with van der Waals surface area (Å²) < 4.78 is 5.54. The molecule has 0 radical (unpaired) electrons. The normalized spacial score (nSPS) is 23.9. The van der Waals surface area contributed by atoms with Crippen LogP contribution in [0.5, 0.6) is 0 Å². The number of carbonyl (C=O) groups excluding carboxylic acids is 1. The van der Waals surface area contributed by atoms with Gasteiger partial charge in [-0.05, 0) is 31.2 Å². The minimum Gasteiger partial charge on any atom is -0.339 e. The molecule has 1 aromatic heterocycles. The first-order chi connectivity index (χ1) is 13.2. The van der Waals surface area contributed by atoms with Gasteiger partial charge in [0.1, 0.15) is 0 Å². The van der Waals surface area contributed by atoms with Crippen LogP contribution in [0.1, 0.15) is 49.0 Å². The second-order valence-electron chi connectivity index (χ2n) is 7.51. The van der Waals surface area contributed by atoms with E-state index in [0.717, 1.165) is 38.2 Å². The molecule has 0 saturated carbocycles. The highest BCUT2D eigenvalue weighted by Crippen LogP contribution is 2.32. The van der Waals surface area contributed by atoms with E-state index in [9.17, 15) is 4.79 Å². The first-order valence-electron chi connectivity index (χ1n) is 9.79.